The predicted octanol–water partition coefficient (Wildman–Crippen LogP) is -2.61. The first-order chi connectivity index (χ1) is 11.2. The third-order valence-corrected chi connectivity index (χ3v) is 3.78. The van der Waals surface area contributed by atoms with E-state index in [4.69, 9.17) is 15.9 Å². The van der Waals surface area contributed by atoms with E-state index in [0.717, 1.165) is 0 Å². The summed E-state index contributed by atoms with van der Waals surface area (Å²) in [5.74, 6) is -2.94. The van der Waals surface area contributed by atoms with Crippen molar-refractivity contribution in [3.8, 4) is 0 Å². The first-order valence-electron chi connectivity index (χ1n) is 7.69. The Morgan fingerprint density at radius 1 is 1.25 bits per heavy atom. The summed E-state index contributed by atoms with van der Waals surface area (Å²) in [6, 6.07) is -3.88. The van der Waals surface area contributed by atoms with Crippen molar-refractivity contribution in [2.24, 2.45) is 5.73 Å². The van der Waals surface area contributed by atoms with Crippen molar-refractivity contribution < 1.29 is 29.4 Å². The second-order valence-electron chi connectivity index (χ2n) is 5.79. The maximum atomic E-state index is 12.4. The summed E-state index contributed by atoms with van der Waals surface area (Å²) in [5, 5.41) is 22.5. The van der Waals surface area contributed by atoms with Gasteiger partial charge in [0.1, 0.15) is 18.1 Å². The molecule has 4 unspecified atom stereocenters. The maximum absolute atomic E-state index is 12.4. The van der Waals surface area contributed by atoms with Crippen LogP contribution >= 0.6 is 0 Å². The Morgan fingerprint density at radius 3 is 2.38 bits per heavy atom. The van der Waals surface area contributed by atoms with Crippen LogP contribution < -0.4 is 16.4 Å². The van der Waals surface area contributed by atoms with Gasteiger partial charge in [-0.2, -0.15) is 0 Å². The standard InChI is InChI=1S/C14H24N4O6/c1-7(15)11(20)16-8(2)13(22)18-5-3-4-10(18)12(21)17-9(6-19)14(23)24/h7-10,19H,3-6,15H2,1-2H3,(H,16,20)(H,17,21)(H,23,24). The summed E-state index contributed by atoms with van der Waals surface area (Å²) in [6.07, 6.45) is 0.956. The first-order valence-corrected chi connectivity index (χ1v) is 7.69. The molecule has 0 aromatic rings. The number of carboxylic acids is 1. The molecule has 24 heavy (non-hydrogen) atoms. The van der Waals surface area contributed by atoms with Gasteiger partial charge in [-0.25, -0.2) is 4.79 Å². The van der Waals surface area contributed by atoms with E-state index in [0.29, 0.717) is 19.4 Å². The molecule has 3 amide bonds. The molecule has 6 N–H and O–H groups in total. The molecule has 0 aromatic heterocycles. The molecule has 1 fully saturated rings. The highest BCUT2D eigenvalue weighted by Gasteiger charge is 2.37. The normalized spacial score (nSPS) is 20.8. The number of carboxylic acid groups (broad SMARTS) is 1. The number of rotatable bonds is 7. The summed E-state index contributed by atoms with van der Waals surface area (Å²) in [7, 11) is 0. The summed E-state index contributed by atoms with van der Waals surface area (Å²) < 4.78 is 0. The monoisotopic (exact) mass is 344 g/mol. The van der Waals surface area contributed by atoms with Crippen LogP contribution in [-0.2, 0) is 19.2 Å². The number of nitrogens with two attached hydrogens (primary N) is 1. The molecule has 4 atom stereocenters. The molecule has 1 rings (SSSR count). The minimum Gasteiger partial charge on any atom is -0.480 e. The minimum absolute atomic E-state index is 0.326. The maximum Gasteiger partial charge on any atom is 0.328 e. The van der Waals surface area contributed by atoms with E-state index in [2.05, 4.69) is 10.6 Å². The highest BCUT2D eigenvalue weighted by molar-refractivity contribution is 5.94. The average molecular weight is 344 g/mol. The molecule has 0 bridgehead atoms. The number of nitrogens with one attached hydrogen (secondary N) is 2. The van der Waals surface area contributed by atoms with E-state index >= 15 is 0 Å². The lowest BCUT2D eigenvalue weighted by molar-refractivity contribution is -0.145. The number of aliphatic hydroxyl groups excluding tert-OH is 1. The molecule has 0 saturated carbocycles. The van der Waals surface area contributed by atoms with E-state index in [9.17, 15) is 19.2 Å². The summed E-state index contributed by atoms with van der Waals surface area (Å²) in [4.78, 5) is 48.4. The zero-order valence-electron chi connectivity index (χ0n) is 13.7. The number of nitrogens with zero attached hydrogens (tertiary/aromatic N) is 1. The fourth-order valence-electron chi connectivity index (χ4n) is 2.41. The number of hydrogen-bond donors (Lipinski definition) is 5. The van der Waals surface area contributed by atoms with Gasteiger partial charge in [0, 0.05) is 6.54 Å². The van der Waals surface area contributed by atoms with Crippen molar-refractivity contribution in [2.75, 3.05) is 13.2 Å². The van der Waals surface area contributed by atoms with Crippen molar-refractivity contribution >= 4 is 23.7 Å². The molecule has 0 aliphatic carbocycles. The van der Waals surface area contributed by atoms with Gasteiger partial charge in [-0.15, -0.1) is 0 Å². The van der Waals surface area contributed by atoms with Crippen LogP contribution in [0.4, 0.5) is 0 Å². The topological polar surface area (TPSA) is 162 Å². The molecule has 1 heterocycles. The van der Waals surface area contributed by atoms with Crippen molar-refractivity contribution in [2.45, 2.75) is 50.9 Å². The summed E-state index contributed by atoms with van der Waals surface area (Å²) in [5.41, 5.74) is 5.43. The van der Waals surface area contributed by atoms with Gasteiger partial charge in [0.25, 0.3) is 0 Å². The fraction of sp³-hybridized carbons (Fsp3) is 0.714. The molecule has 1 saturated heterocycles. The molecule has 0 radical (unpaired) electrons. The van der Waals surface area contributed by atoms with Gasteiger partial charge in [-0.3, -0.25) is 14.4 Å². The number of aliphatic carboxylic acids is 1. The van der Waals surface area contributed by atoms with Crippen molar-refractivity contribution in [3.05, 3.63) is 0 Å². The fourth-order valence-corrected chi connectivity index (χ4v) is 2.41. The molecule has 10 heteroatoms. The Hall–Kier alpha value is -2.20. The van der Waals surface area contributed by atoms with Crippen LogP contribution in [0.15, 0.2) is 0 Å². The van der Waals surface area contributed by atoms with Crippen LogP contribution in [0.1, 0.15) is 26.7 Å². The number of aliphatic hydroxyl groups is 1. The lowest BCUT2D eigenvalue weighted by atomic mass is 10.1. The lowest BCUT2D eigenvalue weighted by Gasteiger charge is -2.28. The van der Waals surface area contributed by atoms with Gasteiger partial charge >= 0.3 is 5.97 Å². The Morgan fingerprint density at radius 2 is 1.88 bits per heavy atom. The van der Waals surface area contributed by atoms with Gasteiger partial charge in [0.2, 0.25) is 17.7 Å². The Labute approximate surface area is 139 Å². The summed E-state index contributed by atoms with van der Waals surface area (Å²) in [6.45, 7) is 2.55. The lowest BCUT2D eigenvalue weighted by Crippen LogP contribution is -2.56. The molecular weight excluding hydrogens is 320 g/mol. The molecule has 0 spiro atoms. The Bertz CT molecular complexity index is 509. The van der Waals surface area contributed by atoms with Gasteiger partial charge in [0.15, 0.2) is 0 Å². The average Bonchev–Trinajstić information content (AvgIpc) is 3.00. The van der Waals surface area contributed by atoms with E-state index in [1.807, 2.05) is 0 Å². The van der Waals surface area contributed by atoms with Crippen LogP contribution in [0.5, 0.6) is 0 Å². The first kappa shape index (κ1) is 19.8. The van der Waals surface area contributed by atoms with E-state index in [-0.39, 0.29) is 0 Å². The smallest absolute Gasteiger partial charge is 0.328 e. The minimum atomic E-state index is -1.43. The van der Waals surface area contributed by atoms with Crippen LogP contribution in [0.25, 0.3) is 0 Å². The number of likely N-dealkylation sites (tertiary alicyclic amines) is 1. The number of hydrogen-bond acceptors (Lipinski definition) is 6. The molecule has 0 aromatic carbocycles. The molecular formula is C14H24N4O6. The highest BCUT2D eigenvalue weighted by Crippen LogP contribution is 2.18. The second-order valence-corrected chi connectivity index (χ2v) is 5.79. The second kappa shape index (κ2) is 8.60. The predicted molar refractivity (Wildman–Crippen MR) is 82.6 cm³/mol. The van der Waals surface area contributed by atoms with Gasteiger partial charge in [-0.05, 0) is 26.7 Å². The zero-order chi connectivity index (χ0) is 18.4. The Balaban J connectivity index is 2.73. The van der Waals surface area contributed by atoms with Gasteiger partial charge in [0.05, 0.1) is 12.6 Å². The SMILES string of the molecule is CC(N)C(=O)NC(C)C(=O)N1CCCC1C(=O)NC(CO)C(=O)O. The Kier molecular flexibility index (Phi) is 7.11. The summed E-state index contributed by atoms with van der Waals surface area (Å²) >= 11 is 0. The highest BCUT2D eigenvalue weighted by atomic mass is 16.4. The number of carbonyl (C=O) groups excluding carboxylic acids is 3. The zero-order valence-corrected chi connectivity index (χ0v) is 13.7. The van der Waals surface area contributed by atoms with Crippen LogP contribution in [0.2, 0.25) is 0 Å². The van der Waals surface area contributed by atoms with Crippen LogP contribution in [0.3, 0.4) is 0 Å². The van der Waals surface area contributed by atoms with Gasteiger partial charge in [-0.1, -0.05) is 0 Å². The quantitative estimate of drug-likeness (QED) is 0.338. The van der Waals surface area contributed by atoms with E-state index < -0.39 is 54.5 Å². The number of carbonyl (C=O) groups is 4. The molecule has 1 aliphatic heterocycles. The van der Waals surface area contributed by atoms with E-state index in [1.54, 1.807) is 0 Å². The third kappa shape index (κ3) is 4.90. The van der Waals surface area contributed by atoms with E-state index in [1.165, 1.54) is 18.7 Å². The molecule has 1 aliphatic rings. The molecule has 10 nitrogen and oxygen atoms in total. The molecule has 136 valence electrons. The van der Waals surface area contributed by atoms with Gasteiger partial charge < -0.3 is 31.5 Å². The largest absolute Gasteiger partial charge is 0.480 e. The van der Waals surface area contributed by atoms with Crippen molar-refractivity contribution in [1.82, 2.24) is 15.5 Å². The van der Waals surface area contributed by atoms with Crippen LogP contribution in [0, 0.1) is 0 Å². The number of amides is 3. The van der Waals surface area contributed by atoms with Crippen molar-refractivity contribution in [3.63, 3.8) is 0 Å². The third-order valence-electron chi connectivity index (χ3n) is 3.78. The van der Waals surface area contributed by atoms with Crippen molar-refractivity contribution in [1.29, 1.82) is 0 Å². The van der Waals surface area contributed by atoms with Crippen LogP contribution in [-0.4, -0.2) is 76.1 Å².